The topological polar surface area (TPSA) is 143 Å². The fraction of sp³-hybridized carbons (Fsp3) is 0.615. The molecule has 0 radical (unpaired) electrons. The van der Waals surface area contributed by atoms with E-state index in [0.29, 0.717) is 68.4 Å². The van der Waals surface area contributed by atoms with Crippen molar-refractivity contribution in [2.75, 3.05) is 39.4 Å². The molecule has 0 aliphatic carbocycles. The third-order valence-corrected chi connectivity index (χ3v) is 10.9. The second-order valence-corrected chi connectivity index (χ2v) is 20.6. The van der Waals surface area contributed by atoms with Crippen molar-refractivity contribution < 1.29 is 28.6 Å². The van der Waals surface area contributed by atoms with E-state index in [-0.39, 0.29) is 18.1 Å². The minimum Gasteiger partial charge on any atom is -0.439 e. The summed E-state index contributed by atoms with van der Waals surface area (Å²) < 4.78 is 20.5. The van der Waals surface area contributed by atoms with Crippen LogP contribution in [0.3, 0.4) is 0 Å². The van der Waals surface area contributed by atoms with Gasteiger partial charge in [0.05, 0.1) is 11.7 Å². The fourth-order valence-electron chi connectivity index (χ4n) is 5.73. The van der Waals surface area contributed by atoms with Crippen molar-refractivity contribution in [1.82, 2.24) is 24.8 Å². The lowest BCUT2D eigenvalue weighted by molar-refractivity contribution is -0.125. The van der Waals surface area contributed by atoms with E-state index in [9.17, 15) is 19.2 Å². The Morgan fingerprint density at radius 3 is 2.43 bits per heavy atom. The zero-order chi connectivity index (χ0) is 38.6. The van der Waals surface area contributed by atoms with Crippen molar-refractivity contribution in [1.29, 1.82) is 0 Å². The summed E-state index contributed by atoms with van der Waals surface area (Å²) in [7, 11) is 0.106. The first-order valence-corrected chi connectivity index (χ1v) is 23.3. The van der Waals surface area contributed by atoms with Gasteiger partial charge in [-0.1, -0.05) is 45.5 Å². The summed E-state index contributed by atoms with van der Waals surface area (Å²) in [5, 5.41) is 6.81. The second-order valence-electron chi connectivity index (χ2n) is 14.6. The van der Waals surface area contributed by atoms with Gasteiger partial charge in [0, 0.05) is 83.6 Å². The zero-order valence-electron chi connectivity index (χ0n) is 32.3. The van der Waals surface area contributed by atoms with Gasteiger partial charge in [-0.2, -0.15) is 0 Å². The molecule has 3 aromatic rings. The molecule has 1 aromatic carbocycles. The summed E-state index contributed by atoms with van der Waals surface area (Å²) in [5.41, 5.74) is 1.47. The van der Waals surface area contributed by atoms with Crippen LogP contribution in [-0.4, -0.2) is 79.3 Å². The van der Waals surface area contributed by atoms with Gasteiger partial charge >= 0.3 is 6.09 Å². The van der Waals surface area contributed by atoms with Gasteiger partial charge in [0.15, 0.2) is 6.61 Å². The van der Waals surface area contributed by atoms with Gasteiger partial charge in [0.25, 0.3) is 11.5 Å². The number of amides is 2. The first-order valence-electron chi connectivity index (χ1n) is 19.0. The third-order valence-electron chi connectivity index (χ3n) is 8.94. The van der Waals surface area contributed by atoms with Crippen LogP contribution in [-0.2, 0) is 37.1 Å². The summed E-state index contributed by atoms with van der Waals surface area (Å²) in [6, 6.07) is 8.17. The molecule has 3 rings (SSSR count). The fourth-order valence-corrected chi connectivity index (χ4v) is 6.68. The average Bonchev–Trinajstić information content (AvgIpc) is 3.57. The summed E-state index contributed by atoms with van der Waals surface area (Å²) in [6.07, 6.45) is 10.7. The number of hydrogen-bond donors (Lipinski definition) is 2. The van der Waals surface area contributed by atoms with E-state index in [2.05, 4.69) is 30.3 Å². The predicted molar refractivity (Wildman–Crippen MR) is 213 cm³/mol. The molecule has 1 unspecified atom stereocenters. The van der Waals surface area contributed by atoms with Gasteiger partial charge < -0.3 is 34.0 Å². The van der Waals surface area contributed by atoms with Crippen LogP contribution in [0.2, 0.25) is 25.7 Å². The summed E-state index contributed by atoms with van der Waals surface area (Å²) in [5.74, 6) is 1.05. The van der Waals surface area contributed by atoms with E-state index in [4.69, 9.17) is 30.8 Å². The van der Waals surface area contributed by atoms with Crippen LogP contribution in [0.15, 0.2) is 41.5 Å². The van der Waals surface area contributed by atoms with Crippen LogP contribution in [0, 0.1) is 0 Å². The maximum Gasteiger partial charge on any atom is 0.407 e. The van der Waals surface area contributed by atoms with Gasteiger partial charge in [0.1, 0.15) is 18.3 Å². The number of unbranched alkanes of at least 4 members (excludes halogenated alkanes) is 4. The number of carbonyl (C=O) groups excluding carboxylic acids is 3. The quantitative estimate of drug-likeness (QED) is 0.0487. The number of alkyl halides is 1. The molecule has 1 atom stereocenters. The number of fused-ring (bicyclic) bond motifs is 1. The van der Waals surface area contributed by atoms with Gasteiger partial charge in [-0.05, 0) is 68.2 Å². The summed E-state index contributed by atoms with van der Waals surface area (Å²) in [6.45, 7) is 11.2. The Bertz CT molecular complexity index is 1660. The van der Waals surface area contributed by atoms with Crippen LogP contribution < -0.4 is 16.2 Å². The van der Waals surface area contributed by atoms with Crippen LogP contribution in [0.25, 0.3) is 22.0 Å². The zero-order valence-corrected chi connectivity index (χ0v) is 34.1. The largest absolute Gasteiger partial charge is 0.439 e. The molecule has 294 valence electrons. The molecule has 0 saturated carbocycles. The molecule has 2 heterocycles. The van der Waals surface area contributed by atoms with Crippen molar-refractivity contribution in [2.45, 2.75) is 116 Å². The highest BCUT2D eigenvalue weighted by Crippen LogP contribution is 2.27. The molecular formula is C39H60ClN5O7Si. The number of hydrogen-bond acceptors (Lipinski definition) is 8. The van der Waals surface area contributed by atoms with E-state index < -0.39 is 32.7 Å². The Balaban J connectivity index is 1.85. The van der Waals surface area contributed by atoms with Crippen molar-refractivity contribution >= 4 is 48.2 Å². The molecule has 2 amide bonds. The van der Waals surface area contributed by atoms with Crippen molar-refractivity contribution in [3.8, 4) is 11.3 Å². The van der Waals surface area contributed by atoms with E-state index >= 15 is 0 Å². The Hall–Kier alpha value is -3.52. The molecule has 2 N–H and O–H groups in total. The average molecular weight is 774 g/mol. The normalized spacial score (nSPS) is 12.2. The molecular weight excluding hydrogens is 714 g/mol. The first kappa shape index (κ1) is 43.9. The minimum atomic E-state index is -1.32. The van der Waals surface area contributed by atoms with Gasteiger partial charge in [-0.25, -0.2) is 9.78 Å². The Kier molecular flexibility index (Phi) is 19.3. The number of nitrogens with zero attached hydrogens (tertiary/aromatic N) is 3. The van der Waals surface area contributed by atoms with Crippen LogP contribution in [0.1, 0.15) is 83.0 Å². The first-order chi connectivity index (χ1) is 25.4. The minimum absolute atomic E-state index is 0.0403. The molecule has 0 saturated heterocycles. The van der Waals surface area contributed by atoms with Crippen molar-refractivity contribution in [3.63, 3.8) is 0 Å². The number of pyridine rings is 1. The second kappa shape index (κ2) is 23.3. The number of imidazole rings is 1. The number of ether oxygens (including phenoxy) is 3. The number of benzene rings is 1. The molecule has 12 nitrogen and oxygen atoms in total. The molecule has 53 heavy (non-hydrogen) atoms. The van der Waals surface area contributed by atoms with Crippen LogP contribution >= 0.6 is 11.6 Å². The molecule has 0 aliphatic rings. The molecule has 0 fully saturated rings. The maximum atomic E-state index is 13.4. The van der Waals surface area contributed by atoms with E-state index in [1.165, 1.54) is 7.05 Å². The SMILES string of the molecule is CCC(=O)CCCCCC(NC(=O)COC(=O)NC)c1nc(-c2ccc3c(=O)n(CCCCOCCCCCl)ccc3c2)cn1COCC[Si](C)(C)C. The van der Waals surface area contributed by atoms with E-state index in [0.717, 1.165) is 61.9 Å². The standard InChI is InChI=1S/C39H60ClN5O7Si/c1-6-32(46)14-8-7-9-15-34(42-36(47)28-52-39(49)41-2)37-43-35(27-45(37)29-51-24-25-53(3,4)5)31-16-17-33-30(26-31)18-21-44(38(33)48)20-11-13-23-50-22-12-10-19-40/h16-18,21,26-27,34H,6-15,19-20,22-25,28-29H2,1-5H3,(H,41,49)(H,42,47). The Morgan fingerprint density at radius 1 is 0.943 bits per heavy atom. The Labute approximate surface area is 320 Å². The molecule has 14 heteroatoms. The number of Topliss-reactive ketones (excluding diaryl/α,β-unsaturated/α-hetero) is 1. The van der Waals surface area contributed by atoms with Crippen molar-refractivity contribution in [3.05, 3.63) is 52.8 Å². The number of rotatable bonds is 26. The van der Waals surface area contributed by atoms with E-state index in [1.807, 2.05) is 48.1 Å². The molecule has 0 spiro atoms. The number of ketones is 1. The maximum absolute atomic E-state index is 13.4. The number of aryl methyl sites for hydroxylation is 1. The number of alkyl carbamates (subject to hydrolysis) is 1. The molecule has 0 bridgehead atoms. The van der Waals surface area contributed by atoms with Crippen LogP contribution in [0.4, 0.5) is 4.79 Å². The van der Waals surface area contributed by atoms with Crippen molar-refractivity contribution in [2.24, 2.45) is 0 Å². The third kappa shape index (κ3) is 15.8. The van der Waals surface area contributed by atoms with Gasteiger partial charge in [0.2, 0.25) is 0 Å². The monoisotopic (exact) mass is 773 g/mol. The molecule has 0 aliphatic heterocycles. The lowest BCUT2D eigenvalue weighted by atomic mass is 10.0. The highest BCUT2D eigenvalue weighted by Gasteiger charge is 2.23. The highest BCUT2D eigenvalue weighted by atomic mass is 35.5. The summed E-state index contributed by atoms with van der Waals surface area (Å²) in [4.78, 5) is 55.0. The van der Waals surface area contributed by atoms with Gasteiger partial charge in [-0.3, -0.25) is 14.4 Å². The smallest absolute Gasteiger partial charge is 0.407 e. The number of carbonyl (C=O) groups is 3. The predicted octanol–water partition coefficient (Wildman–Crippen LogP) is 7.44. The van der Waals surface area contributed by atoms with E-state index in [1.54, 1.807) is 4.57 Å². The van der Waals surface area contributed by atoms with Gasteiger partial charge in [-0.15, -0.1) is 11.6 Å². The summed E-state index contributed by atoms with van der Waals surface area (Å²) >= 11 is 5.72. The lowest BCUT2D eigenvalue weighted by Crippen LogP contribution is -2.35. The highest BCUT2D eigenvalue weighted by molar-refractivity contribution is 6.76. The molecule has 2 aromatic heterocycles. The Morgan fingerprint density at radius 2 is 1.72 bits per heavy atom. The number of halogens is 1. The van der Waals surface area contributed by atoms with Crippen LogP contribution in [0.5, 0.6) is 0 Å². The lowest BCUT2D eigenvalue weighted by Gasteiger charge is -2.21. The number of aromatic nitrogens is 3. The number of nitrogens with one attached hydrogen (secondary N) is 2.